The van der Waals surface area contributed by atoms with E-state index in [0.29, 0.717) is 11.3 Å². The van der Waals surface area contributed by atoms with Crippen molar-refractivity contribution in [1.29, 1.82) is 0 Å². The largest absolute Gasteiger partial charge is 0.366 e. The number of benzene rings is 1. The van der Waals surface area contributed by atoms with Gasteiger partial charge in [-0.05, 0) is 24.1 Å². The summed E-state index contributed by atoms with van der Waals surface area (Å²) in [5.41, 5.74) is 11.6. The van der Waals surface area contributed by atoms with Crippen LogP contribution in [0.15, 0.2) is 18.2 Å². The fourth-order valence-corrected chi connectivity index (χ4v) is 2.37. The first-order valence-corrected chi connectivity index (χ1v) is 6.61. The minimum Gasteiger partial charge on any atom is -0.366 e. The Morgan fingerprint density at radius 1 is 1.53 bits per heavy atom. The standard InChI is InChI=1S/C12H17FN2OS/c1-2-10(14)7-17-6-9-4-3-8(12(15)16)5-11(9)13/h3-5,10H,2,6-7,14H2,1H3,(H2,15,16). The van der Waals surface area contributed by atoms with Gasteiger partial charge in [-0.15, -0.1) is 0 Å². The van der Waals surface area contributed by atoms with Crippen LogP contribution in [-0.4, -0.2) is 17.7 Å². The molecule has 0 saturated heterocycles. The molecule has 4 N–H and O–H groups in total. The van der Waals surface area contributed by atoms with E-state index in [0.717, 1.165) is 12.2 Å². The van der Waals surface area contributed by atoms with E-state index in [1.54, 1.807) is 23.9 Å². The zero-order valence-electron chi connectivity index (χ0n) is 9.78. The number of hydrogen-bond acceptors (Lipinski definition) is 3. The fraction of sp³-hybridized carbons (Fsp3) is 0.417. The summed E-state index contributed by atoms with van der Waals surface area (Å²) < 4.78 is 13.6. The molecule has 0 saturated carbocycles. The highest BCUT2D eigenvalue weighted by Gasteiger charge is 2.07. The summed E-state index contributed by atoms with van der Waals surface area (Å²) in [6.45, 7) is 2.02. The maximum Gasteiger partial charge on any atom is 0.248 e. The SMILES string of the molecule is CCC(N)CSCc1ccc(C(N)=O)cc1F. The number of carbonyl (C=O) groups excluding carboxylic acids is 1. The van der Waals surface area contributed by atoms with Crippen molar-refractivity contribution >= 4 is 17.7 Å². The zero-order valence-corrected chi connectivity index (χ0v) is 10.6. The van der Waals surface area contributed by atoms with Crippen molar-refractivity contribution in [3.8, 4) is 0 Å². The topological polar surface area (TPSA) is 69.1 Å². The lowest BCUT2D eigenvalue weighted by atomic mass is 10.1. The van der Waals surface area contributed by atoms with Crippen molar-refractivity contribution in [2.45, 2.75) is 25.1 Å². The van der Waals surface area contributed by atoms with Crippen molar-refractivity contribution in [2.24, 2.45) is 11.5 Å². The maximum absolute atomic E-state index is 13.6. The Balaban J connectivity index is 2.57. The Hall–Kier alpha value is -1.07. The normalized spacial score (nSPS) is 12.4. The van der Waals surface area contributed by atoms with Crippen LogP contribution in [0, 0.1) is 5.82 Å². The molecule has 1 atom stereocenters. The molecule has 1 aromatic rings. The van der Waals surface area contributed by atoms with Crippen LogP contribution in [0.2, 0.25) is 0 Å². The summed E-state index contributed by atoms with van der Waals surface area (Å²) in [5.74, 6) is 0.349. The van der Waals surface area contributed by atoms with Crippen LogP contribution in [0.1, 0.15) is 29.3 Å². The molecule has 0 heterocycles. The van der Waals surface area contributed by atoms with Gasteiger partial charge < -0.3 is 11.5 Å². The molecule has 0 aromatic heterocycles. The summed E-state index contributed by atoms with van der Waals surface area (Å²) in [7, 11) is 0. The molecule has 94 valence electrons. The number of primary amides is 1. The minimum absolute atomic E-state index is 0.146. The first-order chi connectivity index (χ1) is 8.04. The summed E-state index contributed by atoms with van der Waals surface area (Å²) >= 11 is 1.59. The molecule has 1 amide bonds. The average Bonchev–Trinajstić information content (AvgIpc) is 2.30. The second-order valence-corrected chi connectivity index (χ2v) is 4.88. The van der Waals surface area contributed by atoms with E-state index in [1.807, 2.05) is 6.92 Å². The van der Waals surface area contributed by atoms with Crippen molar-refractivity contribution in [1.82, 2.24) is 0 Å². The predicted octanol–water partition coefficient (Wildman–Crippen LogP) is 1.90. The zero-order chi connectivity index (χ0) is 12.8. The van der Waals surface area contributed by atoms with Crippen molar-refractivity contribution in [3.63, 3.8) is 0 Å². The van der Waals surface area contributed by atoms with Gasteiger partial charge in [-0.25, -0.2) is 4.39 Å². The molecule has 1 rings (SSSR count). The predicted molar refractivity (Wildman–Crippen MR) is 69.3 cm³/mol. The van der Waals surface area contributed by atoms with Gasteiger partial charge in [0.25, 0.3) is 0 Å². The van der Waals surface area contributed by atoms with Crippen LogP contribution in [-0.2, 0) is 5.75 Å². The molecule has 0 aliphatic rings. The molecule has 5 heteroatoms. The summed E-state index contributed by atoms with van der Waals surface area (Å²) in [4.78, 5) is 10.8. The second-order valence-electron chi connectivity index (χ2n) is 3.85. The maximum atomic E-state index is 13.6. The first-order valence-electron chi connectivity index (χ1n) is 5.46. The highest BCUT2D eigenvalue weighted by molar-refractivity contribution is 7.98. The molecule has 0 fully saturated rings. The summed E-state index contributed by atoms with van der Waals surface area (Å²) in [6.07, 6.45) is 0.913. The smallest absolute Gasteiger partial charge is 0.248 e. The number of nitrogens with two attached hydrogens (primary N) is 2. The molecule has 0 aliphatic heterocycles. The van der Waals surface area contributed by atoms with Gasteiger partial charge in [0.05, 0.1) is 0 Å². The van der Waals surface area contributed by atoms with Gasteiger partial charge in [-0.2, -0.15) is 11.8 Å². The molecule has 17 heavy (non-hydrogen) atoms. The third-order valence-electron chi connectivity index (χ3n) is 2.45. The number of hydrogen-bond donors (Lipinski definition) is 2. The van der Waals surface area contributed by atoms with E-state index < -0.39 is 5.91 Å². The lowest BCUT2D eigenvalue weighted by molar-refractivity contribution is 0.1000. The second kappa shape index (κ2) is 6.61. The molecule has 1 aromatic carbocycles. The average molecular weight is 256 g/mol. The monoisotopic (exact) mass is 256 g/mol. The van der Waals surface area contributed by atoms with Crippen molar-refractivity contribution in [3.05, 3.63) is 35.1 Å². The number of carbonyl (C=O) groups is 1. The minimum atomic E-state index is -0.615. The lowest BCUT2D eigenvalue weighted by Gasteiger charge is -2.08. The quantitative estimate of drug-likeness (QED) is 0.816. The van der Waals surface area contributed by atoms with Gasteiger partial charge in [0, 0.05) is 23.1 Å². The van der Waals surface area contributed by atoms with Gasteiger partial charge in [-0.1, -0.05) is 13.0 Å². The van der Waals surface area contributed by atoms with Gasteiger partial charge in [0.1, 0.15) is 5.82 Å². The van der Waals surface area contributed by atoms with E-state index in [1.165, 1.54) is 6.07 Å². The Morgan fingerprint density at radius 2 is 2.24 bits per heavy atom. The Labute approximate surface area is 105 Å². The van der Waals surface area contributed by atoms with E-state index in [4.69, 9.17) is 11.5 Å². The molecule has 1 unspecified atom stereocenters. The van der Waals surface area contributed by atoms with Gasteiger partial charge in [-0.3, -0.25) is 4.79 Å². The third kappa shape index (κ3) is 4.36. The van der Waals surface area contributed by atoms with Gasteiger partial charge in [0.15, 0.2) is 0 Å². The third-order valence-corrected chi connectivity index (χ3v) is 3.63. The van der Waals surface area contributed by atoms with Crippen LogP contribution in [0.3, 0.4) is 0 Å². The number of rotatable bonds is 6. The first kappa shape index (κ1) is 14.0. The Kier molecular flexibility index (Phi) is 5.44. The molecule has 0 bridgehead atoms. The highest BCUT2D eigenvalue weighted by Crippen LogP contribution is 2.17. The Bertz CT molecular complexity index is 398. The Morgan fingerprint density at radius 3 is 2.76 bits per heavy atom. The summed E-state index contributed by atoms with van der Waals surface area (Å²) in [5, 5.41) is 0. The molecular formula is C12H17FN2OS. The number of thioether (sulfide) groups is 1. The molecule has 0 aliphatic carbocycles. The van der Waals surface area contributed by atoms with Crippen LogP contribution in [0.25, 0.3) is 0 Å². The molecule has 0 radical (unpaired) electrons. The van der Waals surface area contributed by atoms with Crippen molar-refractivity contribution < 1.29 is 9.18 Å². The van der Waals surface area contributed by atoms with E-state index in [9.17, 15) is 9.18 Å². The van der Waals surface area contributed by atoms with Crippen LogP contribution < -0.4 is 11.5 Å². The van der Waals surface area contributed by atoms with E-state index in [-0.39, 0.29) is 17.4 Å². The molecule has 0 spiro atoms. The van der Waals surface area contributed by atoms with E-state index >= 15 is 0 Å². The van der Waals surface area contributed by atoms with E-state index in [2.05, 4.69) is 0 Å². The van der Waals surface area contributed by atoms with Crippen LogP contribution in [0.5, 0.6) is 0 Å². The van der Waals surface area contributed by atoms with Gasteiger partial charge in [0.2, 0.25) is 5.91 Å². The fourth-order valence-electron chi connectivity index (χ4n) is 1.26. The molecule has 3 nitrogen and oxygen atoms in total. The van der Waals surface area contributed by atoms with Gasteiger partial charge >= 0.3 is 0 Å². The van der Waals surface area contributed by atoms with Crippen molar-refractivity contribution in [2.75, 3.05) is 5.75 Å². The summed E-state index contributed by atoms with van der Waals surface area (Å²) in [6, 6.07) is 4.46. The highest BCUT2D eigenvalue weighted by atomic mass is 32.2. The van der Waals surface area contributed by atoms with Crippen LogP contribution in [0.4, 0.5) is 4.39 Å². The number of halogens is 1. The number of amides is 1. The lowest BCUT2D eigenvalue weighted by Crippen LogP contribution is -2.21. The van der Waals surface area contributed by atoms with Crippen LogP contribution >= 0.6 is 11.8 Å². The molecular weight excluding hydrogens is 239 g/mol.